The molecule has 0 aliphatic rings. The highest BCUT2D eigenvalue weighted by atomic mass is 32.2. The van der Waals surface area contributed by atoms with E-state index in [2.05, 4.69) is 9.71 Å². The normalized spacial score (nSPS) is 11.5. The summed E-state index contributed by atoms with van der Waals surface area (Å²) in [6, 6.07) is 22.1. The number of sulfonamides is 1. The van der Waals surface area contributed by atoms with Crippen LogP contribution in [-0.2, 0) is 16.6 Å². The molecule has 0 saturated carbocycles. The smallest absolute Gasteiger partial charge is 0.261 e. The summed E-state index contributed by atoms with van der Waals surface area (Å²) in [5, 5.41) is 0.320. The van der Waals surface area contributed by atoms with Crippen molar-refractivity contribution in [2.75, 3.05) is 9.62 Å². The van der Waals surface area contributed by atoms with Gasteiger partial charge in [0.2, 0.25) is 0 Å². The molecule has 35 heavy (non-hydrogen) atoms. The van der Waals surface area contributed by atoms with Gasteiger partial charge in [0.1, 0.15) is 17.1 Å². The van der Waals surface area contributed by atoms with Crippen molar-refractivity contribution in [3.05, 3.63) is 108 Å². The van der Waals surface area contributed by atoms with Crippen molar-refractivity contribution in [2.45, 2.75) is 11.4 Å². The Kier molecular flexibility index (Phi) is 6.06. The van der Waals surface area contributed by atoms with Crippen LogP contribution in [-0.4, -0.2) is 19.3 Å². The summed E-state index contributed by atoms with van der Waals surface area (Å²) in [6.07, 6.45) is 1.50. The van der Waals surface area contributed by atoms with Crippen LogP contribution in [0.25, 0.3) is 10.2 Å². The number of carbonyl (C=O) groups excluding carboxylic acids is 1. The molecule has 0 bridgehead atoms. The molecular formula is C25H18FN3O4S2. The first-order chi connectivity index (χ1) is 16.9. The highest BCUT2D eigenvalue weighted by Crippen LogP contribution is 2.32. The first-order valence-electron chi connectivity index (χ1n) is 10.5. The van der Waals surface area contributed by atoms with E-state index in [-0.39, 0.29) is 17.0 Å². The second-order valence-corrected chi connectivity index (χ2v) is 10.2. The Labute approximate surface area is 204 Å². The SMILES string of the molecule is O=C(c1ccc(NS(=O)(=O)c2ccccc2)cc1)N(Cc1ccco1)c1nc2c(F)cccc2s1. The third-order valence-corrected chi connectivity index (χ3v) is 7.61. The van der Waals surface area contributed by atoms with Gasteiger partial charge in [-0.3, -0.25) is 14.4 Å². The molecule has 7 nitrogen and oxygen atoms in total. The Hall–Kier alpha value is -4.02. The summed E-state index contributed by atoms with van der Waals surface area (Å²) in [6.45, 7) is 0.0929. The number of furan rings is 1. The number of hydrogen-bond acceptors (Lipinski definition) is 6. The minimum Gasteiger partial charge on any atom is -0.467 e. The van der Waals surface area contributed by atoms with Crippen molar-refractivity contribution in [1.82, 2.24) is 4.98 Å². The van der Waals surface area contributed by atoms with Crippen molar-refractivity contribution in [2.24, 2.45) is 0 Å². The molecule has 3 aromatic carbocycles. The number of para-hydroxylation sites is 1. The first-order valence-corrected chi connectivity index (χ1v) is 12.8. The van der Waals surface area contributed by atoms with Crippen LogP contribution in [0.1, 0.15) is 16.1 Å². The number of nitrogens with one attached hydrogen (secondary N) is 1. The lowest BCUT2D eigenvalue weighted by Gasteiger charge is -2.19. The summed E-state index contributed by atoms with van der Waals surface area (Å²) in [5.41, 5.74) is 0.805. The number of hydrogen-bond donors (Lipinski definition) is 1. The summed E-state index contributed by atoms with van der Waals surface area (Å²) in [4.78, 5) is 19.4. The molecule has 0 aliphatic carbocycles. The van der Waals surface area contributed by atoms with Gasteiger partial charge >= 0.3 is 0 Å². The lowest BCUT2D eigenvalue weighted by Crippen LogP contribution is -2.30. The average Bonchev–Trinajstić information content (AvgIpc) is 3.53. The maximum absolute atomic E-state index is 14.2. The summed E-state index contributed by atoms with van der Waals surface area (Å²) < 4.78 is 47.9. The topological polar surface area (TPSA) is 92.5 Å². The average molecular weight is 508 g/mol. The van der Waals surface area contributed by atoms with Gasteiger partial charge in [0.25, 0.3) is 15.9 Å². The second-order valence-electron chi connectivity index (χ2n) is 7.55. The molecule has 10 heteroatoms. The fraction of sp³-hybridized carbons (Fsp3) is 0.0400. The lowest BCUT2D eigenvalue weighted by molar-refractivity contribution is 0.0983. The first kappa shape index (κ1) is 22.8. The predicted octanol–water partition coefficient (Wildman–Crippen LogP) is 5.68. The van der Waals surface area contributed by atoms with Gasteiger partial charge in [0.15, 0.2) is 5.13 Å². The molecule has 0 atom stereocenters. The van der Waals surface area contributed by atoms with Gasteiger partial charge in [0.05, 0.1) is 22.4 Å². The van der Waals surface area contributed by atoms with E-state index in [1.165, 1.54) is 65.0 Å². The molecule has 5 rings (SSSR count). The van der Waals surface area contributed by atoms with E-state index in [0.717, 1.165) is 0 Å². The third kappa shape index (κ3) is 4.79. The number of benzene rings is 3. The van der Waals surface area contributed by atoms with Gasteiger partial charge in [-0.1, -0.05) is 35.6 Å². The van der Waals surface area contributed by atoms with Crippen LogP contribution in [0, 0.1) is 5.82 Å². The van der Waals surface area contributed by atoms with E-state index in [9.17, 15) is 17.6 Å². The molecule has 1 N–H and O–H groups in total. The van der Waals surface area contributed by atoms with Crippen LogP contribution in [0.4, 0.5) is 15.2 Å². The van der Waals surface area contributed by atoms with Gasteiger partial charge in [-0.2, -0.15) is 0 Å². The van der Waals surface area contributed by atoms with Gasteiger partial charge < -0.3 is 4.42 Å². The van der Waals surface area contributed by atoms with E-state index in [0.29, 0.717) is 26.8 Å². The molecule has 0 spiro atoms. The van der Waals surface area contributed by atoms with Crippen LogP contribution in [0.3, 0.4) is 0 Å². The molecular weight excluding hydrogens is 489 g/mol. The van der Waals surface area contributed by atoms with E-state index in [4.69, 9.17) is 4.42 Å². The Balaban J connectivity index is 1.43. The number of rotatable bonds is 7. The fourth-order valence-electron chi connectivity index (χ4n) is 3.45. The number of thiazole rings is 1. The molecule has 2 aromatic heterocycles. The maximum Gasteiger partial charge on any atom is 0.261 e. The second kappa shape index (κ2) is 9.32. The third-order valence-electron chi connectivity index (χ3n) is 5.17. The van der Waals surface area contributed by atoms with Crippen LogP contribution in [0.2, 0.25) is 0 Å². The van der Waals surface area contributed by atoms with Crippen LogP contribution >= 0.6 is 11.3 Å². The van der Waals surface area contributed by atoms with E-state index < -0.39 is 21.7 Å². The van der Waals surface area contributed by atoms with E-state index in [1.807, 2.05) is 0 Å². The Morgan fingerprint density at radius 2 is 1.74 bits per heavy atom. The van der Waals surface area contributed by atoms with Crippen molar-refractivity contribution >= 4 is 48.3 Å². The Morgan fingerprint density at radius 3 is 2.43 bits per heavy atom. The van der Waals surface area contributed by atoms with Gasteiger partial charge in [-0.05, 0) is 60.7 Å². The number of amides is 1. The molecule has 0 radical (unpaired) electrons. The van der Waals surface area contributed by atoms with Crippen molar-refractivity contribution in [3.8, 4) is 0 Å². The van der Waals surface area contributed by atoms with Crippen LogP contribution in [0.15, 0.2) is 101 Å². The van der Waals surface area contributed by atoms with E-state index >= 15 is 0 Å². The zero-order chi connectivity index (χ0) is 24.4. The van der Waals surface area contributed by atoms with Gasteiger partial charge in [0, 0.05) is 11.3 Å². The van der Waals surface area contributed by atoms with Crippen LogP contribution < -0.4 is 9.62 Å². The highest BCUT2D eigenvalue weighted by Gasteiger charge is 2.24. The number of anilines is 2. The molecule has 1 amide bonds. The van der Waals surface area contributed by atoms with Crippen molar-refractivity contribution < 1.29 is 22.0 Å². The monoisotopic (exact) mass is 507 g/mol. The van der Waals surface area contributed by atoms with Gasteiger partial charge in [-0.25, -0.2) is 17.8 Å². The molecule has 2 heterocycles. The van der Waals surface area contributed by atoms with Gasteiger partial charge in [-0.15, -0.1) is 0 Å². The Bertz CT molecular complexity index is 1580. The summed E-state index contributed by atoms with van der Waals surface area (Å²) in [5.74, 6) is -0.325. The minimum atomic E-state index is -3.76. The summed E-state index contributed by atoms with van der Waals surface area (Å²) in [7, 11) is -3.76. The molecule has 0 aliphatic heterocycles. The molecule has 176 valence electrons. The molecule has 5 aromatic rings. The quantitative estimate of drug-likeness (QED) is 0.306. The molecule has 0 unspecified atom stereocenters. The minimum absolute atomic E-state index is 0.0929. The van der Waals surface area contributed by atoms with Crippen LogP contribution in [0.5, 0.6) is 0 Å². The number of halogens is 1. The van der Waals surface area contributed by atoms with Crippen molar-refractivity contribution in [1.29, 1.82) is 0 Å². The lowest BCUT2D eigenvalue weighted by atomic mass is 10.2. The number of fused-ring (bicyclic) bond motifs is 1. The highest BCUT2D eigenvalue weighted by molar-refractivity contribution is 7.92. The maximum atomic E-state index is 14.2. The number of aromatic nitrogens is 1. The molecule has 0 fully saturated rings. The van der Waals surface area contributed by atoms with Crippen molar-refractivity contribution in [3.63, 3.8) is 0 Å². The van der Waals surface area contributed by atoms with E-state index in [1.54, 1.807) is 42.5 Å². The predicted molar refractivity (Wildman–Crippen MR) is 132 cm³/mol. The fourth-order valence-corrected chi connectivity index (χ4v) is 5.51. The zero-order valence-electron chi connectivity index (χ0n) is 18.1. The zero-order valence-corrected chi connectivity index (χ0v) is 19.7. The summed E-state index contributed by atoms with van der Waals surface area (Å²) >= 11 is 1.19. The number of nitrogens with zero attached hydrogens (tertiary/aromatic N) is 2. The molecule has 0 saturated heterocycles. The Morgan fingerprint density at radius 1 is 0.971 bits per heavy atom. The number of carbonyl (C=O) groups is 1. The standard InChI is InChI=1S/C25H18FN3O4S2/c26-21-9-4-10-22-23(21)27-25(34-22)29(16-19-6-5-15-33-19)24(30)17-11-13-18(14-12-17)28-35(31,32)20-7-2-1-3-8-20/h1-15,28H,16H2. The largest absolute Gasteiger partial charge is 0.467 e.